The standard InChI is InChI=1S/C17H14ClN3O4/c18-10-5-8-13(15(9-10)21(24)25)17(23)20-14-4-2-1-3-12(14)16(22)19-11-6-7-11/h1-5,8-9,11H,6-7H2,(H,19,22)(H,20,23). The second-order valence-electron chi connectivity index (χ2n) is 5.67. The Hall–Kier alpha value is -2.93. The highest BCUT2D eigenvalue weighted by Gasteiger charge is 2.26. The van der Waals surface area contributed by atoms with Crippen molar-refractivity contribution < 1.29 is 14.5 Å². The normalized spacial score (nSPS) is 13.2. The number of rotatable bonds is 5. The Morgan fingerprint density at radius 1 is 1.08 bits per heavy atom. The summed E-state index contributed by atoms with van der Waals surface area (Å²) in [5.41, 5.74) is 0.0611. The van der Waals surface area contributed by atoms with E-state index in [0.717, 1.165) is 18.9 Å². The van der Waals surface area contributed by atoms with Crippen LogP contribution < -0.4 is 10.6 Å². The Morgan fingerprint density at radius 3 is 2.48 bits per heavy atom. The lowest BCUT2D eigenvalue weighted by atomic mass is 10.1. The number of anilines is 1. The van der Waals surface area contributed by atoms with Gasteiger partial charge in [-0.1, -0.05) is 23.7 Å². The molecule has 1 aliphatic carbocycles. The first-order valence-corrected chi connectivity index (χ1v) is 7.98. The Kier molecular flexibility index (Phi) is 4.67. The van der Waals surface area contributed by atoms with E-state index in [2.05, 4.69) is 10.6 Å². The summed E-state index contributed by atoms with van der Waals surface area (Å²) in [5, 5.41) is 16.7. The van der Waals surface area contributed by atoms with Crippen LogP contribution in [0.5, 0.6) is 0 Å². The molecule has 0 heterocycles. The summed E-state index contributed by atoms with van der Waals surface area (Å²) < 4.78 is 0. The zero-order chi connectivity index (χ0) is 18.0. The zero-order valence-electron chi connectivity index (χ0n) is 13.0. The number of hydrogen-bond donors (Lipinski definition) is 2. The van der Waals surface area contributed by atoms with Crippen molar-refractivity contribution in [1.29, 1.82) is 0 Å². The number of amides is 2. The van der Waals surface area contributed by atoms with E-state index in [1.54, 1.807) is 24.3 Å². The molecule has 1 aliphatic rings. The number of nitro groups is 1. The fraction of sp³-hybridized carbons (Fsp3) is 0.176. The number of halogens is 1. The maximum Gasteiger partial charge on any atom is 0.283 e. The molecule has 0 radical (unpaired) electrons. The molecule has 0 aliphatic heterocycles. The molecule has 0 aromatic heterocycles. The van der Waals surface area contributed by atoms with Crippen LogP contribution in [-0.2, 0) is 0 Å². The maximum atomic E-state index is 12.5. The smallest absolute Gasteiger partial charge is 0.283 e. The van der Waals surface area contributed by atoms with Gasteiger partial charge in [0.15, 0.2) is 0 Å². The predicted octanol–water partition coefficient (Wildman–Crippen LogP) is 3.39. The highest BCUT2D eigenvalue weighted by atomic mass is 35.5. The summed E-state index contributed by atoms with van der Waals surface area (Å²) >= 11 is 5.76. The van der Waals surface area contributed by atoms with E-state index < -0.39 is 16.5 Å². The largest absolute Gasteiger partial charge is 0.349 e. The third-order valence-corrected chi connectivity index (χ3v) is 3.97. The molecule has 3 rings (SSSR count). The third kappa shape index (κ3) is 3.95. The Bertz CT molecular complexity index is 865. The number of carbonyl (C=O) groups excluding carboxylic acids is 2. The Morgan fingerprint density at radius 2 is 1.80 bits per heavy atom. The zero-order valence-corrected chi connectivity index (χ0v) is 13.7. The van der Waals surface area contributed by atoms with Gasteiger partial charge in [0.05, 0.1) is 16.2 Å². The van der Waals surface area contributed by atoms with Crippen LogP contribution in [0.1, 0.15) is 33.6 Å². The molecule has 0 saturated heterocycles. The number of benzene rings is 2. The first-order chi connectivity index (χ1) is 12.0. The van der Waals surface area contributed by atoms with Gasteiger partial charge >= 0.3 is 0 Å². The monoisotopic (exact) mass is 359 g/mol. The van der Waals surface area contributed by atoms with Crippen LogP contribution >= 0.6 is 11.6 Å². The molecule has 8 heteroatoms. The van der Waals surface area contributed by atoms with Crippen molar-refractivity contribution >= 4 is 34.8 Å². The minimum atomic E-state index is -0.685. The van der Waals surface area contributed by atoms with Crippen molar-refractivity contribution in [2.45, 2.75) is 18.9 Å². The fourth-order valence-corrected chi connectivity index (χ4v) is 2.48. The number of para-hydroxylation sites is 1. The highest BCUT2D eigenvalue weighted by molar-refractivity contribution is 6.31. The molecule has 128 valence electrons. The molecule has 2 amide bonds. The fourth-order valence-electron chi connectivity index (χ4n) is 2.32. The summed E-state index contributed by atoms with van der Waals surface area (Å²) in [7, 11) is 0. The molecule has 1 saturated carbocycles. The van der Waals surface area contributed by atoms with Crippen molar-refractivity contribution in [1.82, 2.24) is 5.32 Å². The van der Waals surface area contributed by atoms with E-state index in [-0.39, 0.29) is 28.2 Å². The van der Waals surface area contributed by atoms with Crippen LogP contribution in [0.2, 0.25) is 5.02 Å². The van der Waals surface area contributed by atoms with Crippen molar-refractivity contribution in [2.75, 3.05) is 5.32 Å². The maximum absolute atomic E-state index is 12.5. The molecule has 7 nitrogen and oxygen atoms in total. The van der Waals surface area contributed by atoms with E-state index in [1.165, 1.54) is 12.1 Å². The number of carbonyl (C=O) groups is 2. The molecule has 0 unspecified atom stereocenters. The van der Waals surface area contributed by atoms with Crippen LogP contribution in [-0.4, -0.2) is 22.8 Å². The van der Waals surface area contributed by atoms with Crippen LogP contribution in [0.4, 0.5) is 11.4 Å². The lowest BCUT2D eigenvalue weighted by molar-refractivity contribution is -0.385. The summed E-state index contributed by atoms with van der Waals surface area (Å²) in [4.78, 5) is 35.2. The molecular weight excluding hydrogens is 346 g/mol. The molecule has 2 N–H and O–H groups in total. The van der Waals surface area contributed by atoms with Crippen LogP contribution in [0.3, 0.4) is 0 Å². The first kappa shape index (κ1) is 16.9. The van der Waals surface area contributed by atoms with Gasteiger partial charge in [0.2, 0.25) is 0 Å². The van der Waals surface area contributed by atoms with Gasteiger partial charge in [0.1, 0.15) is 5.56 Å². The molecule has 2 aromatic rings. The summed E-state index contributed by atoms with van der Waals surface area (Å²) in [6, 6.07) is 10.5. The van der Waals surface area contributed by atoms with Crippen LogP contribution in [0, 0.1) is 10.1 Å². The number of nitrogens with one attached hydrogen (secondary N) is 2. The lowest BCUT2D eigenvalue weighted by Crippen LogP contribution is -2.27. The predicted molar refractivity (Wildman–Crippen MR) is 93.0 cm³/mol. The van der Waals surface area contributed by atoms with Crippen molar-refractivity contribution in [3.8, 4) is 0 Å². The molecular formula is C17H14ClN3O4. The number of hydrogen-bond acceptors (Lipinski definition) is 4. The average Bonchev–Trinajstić information content (AvgIpc) is 3.39. The molecule has 0 spiro atoms. The lowest BCUT2D eigenvalue weighted by Gasteiger charge is -2.11. The Labute approximate surface area is 148 Å². The first-order valence-electron chi connectivity index (χ1n) is 7.61. The second-order valence-corrected chi connectivity index (χ2v) is 6.10. The molecule has 0 atom stereocenters. The van der Waals surface area contributed by atoms with E-state index in [4.69, 9.17) is 11.6 Å². The van der Waals surface area contributed by atoms with Gasteiger partial charge in [-0.2, -0.15) is 0 Å². The van der Waals surface area contributed by atoms with E-state index in [1.807, 2.05) is 0 Å². The molecule has 2 aromatic carbocycles. The van der Waals surface area contributed by atoms with E-state index >= 15 is 0 Å². The number of nitrogens with zero attached hydrogens (tertiary/aromatic N) is 1. The minimum absolute atomic E-state index is 0.133. The van der Waals surface area contributed by atoms with Gasteiger partial charge in [0, 0.05) is 17.1 Å². The highest BCUT2D eigenvalue weighted by Crippen LogP contribution is 2.25. The van der Waals surface area contributed by atoms with Gasteiger partial charge in [-0.25, -0.2) is 0 Å². The van der Waals surface area contributed by atoms with Crippen LogP contribution in [0.15, 0.2) is 42.5 Å². The quantitative estimate of drug-likeness (QED) is 0.631. The SMILES string of the molecule is O=C(NC1CC1)c1ccccc1NC(=O)c1ccc(Cl)cc1[N+](=O)[O-]. The van der Waals surface area contributed by atoms with Gasteiger partial charge in [-0.15, -0.1) is 0 Å². The van der Waals surface area contributed by atoms with Crippen molar-refractivity contribution in [2.24, 2.45) is 0 Å². The topological polar surface area (TPSA) is 101 Å². The van der Waals surface area contributed by atoms with Gasteiger partial charge < -0.3 is 10.6 Å². The molecule has 1 fully saturated rings. The van der Waals surface area contributed by atoms with E-state index in [0.29, 0.717) is 5.56 Å². The van der Waals surface area contributed by atoms with Gasteiger partial charge in [-0.05, 0) is 37.1 Å². The van der Waals surface area contributed by atoms with Gasteiger partial charge in [-0.3, -0.25) is 19.7 Å². The van der Waals surface area contributed by atoms with Crippen molar-refractivity contribution in [3.63, 3.8) is 0 Å². The number of nitro benzene ring substituents is 1. The molecule has 0 bridgehead atoms. The second kappa shape index (κ2) is 6.90. The molecule has 25 heavy (non-hydrogen) atoms. The van der Waals surface area contributed by atoms with Crippen molar-refractivity contribution in [3.05, 3.63) is 68.7 Å². The average molecular weight is 360 g/mol. The summed E-state index contributed by atoms with van der Waals surface area (Å²) in [6.45, 7) is 0. The minimum Gasteiger partial charge on any atom is -0.349 e. The summed E-state index contributed by atoms with van der Waals surface area (Å²) in [6.07, 6.45) is 1.88. The van der Waals surface area contributed by atoms with Gasteiger partial charge in [0.25, 0.3) is 17.5 Å². The Balaban J connectivity index is 1.86. The summed E-state index contributed by atoms with van der Waals surface area (Å²) in [5.74, 6) is -0.973. The third-order valence-electron chi connectivity index (χ3n) is 3.73. The van der Waals surface area contributed by atoms with E-state index in [9.17, 15) is 19.7 Å². The van der Waals surface area contributed by atoms with Crippen LogP contribution in [0.25, 0.3) is 0 Å².